The summed E-state index contributed by atoms with van der Waals surface area (Å²) in [5, 5.41) is 10.3. The highest BCUT2D eigenvalue weighted by Gasteiger charge is 2.66. The number of halogens is 2. The molecule has 0 amide bonds. The van der Waals surface area contributed by atoms with E-state index in [1.54, 1.807) is 7.11 Å². The van der Waals surface area contributed by atoms with Crippen LogP contribution in [0.1, 0.15) is 25.7 Å². The normalized spacial score (nSPS) is 39.9. The first kappa shape index (κ1) is 12.2. The Labute approximate surface area is 94.0 Å². The maximum Gasteiger partial charge on any atom is 0.0977 e. The van der Waals surface area contributed by atoms with Crippen molar-refractivity contribution in [3.63, 3.8) is 0 Å². The lowest BCUT2D eigenvalue weighted by atomic mass is 9.49. The summed E-state index contributed by atoms with van der Waals surface area (Å²) in [5.74, 6) is 0. The predicted octanol–water partition coefficient (Wildman–Crippen LogP) is 0.943. The largest absolute Gasteiger partial charge is 0.388 e. The maximum atomic E-state index is 12.7. The Morgan fingerprint density at radius 3 is 2.19 bits per heavy atom. The first-order chi connectivity index (χ1) is 7.42. The van der Waals surface area contributed by atoms with Gasteiger partial charge in [0.15, 0.2) is 0 Å². The van der Waals surface area contributed by atoms with Crippen LogP contribution in [-0.4, -0.2) is 42.8 Å². The van der Waals surface area contributed by atoms with E-state index in [4.69, 9.17) is 10.5 Å². The van der Waals surface area contributed by atoms with Gasteiger partial charge in [0.2, 0.25) is 0 Å². The molecule has 0 radical (unpaired) electrons. The Hall–Kier alpha value is -0.260. The number of alkyl halides is 2. The Morgan fingerprint density at radius 2 is 1.81 bits per heavy atom. The first-order valence-corrected chi connectivity index (χ1v) is 5.59. The Balaban J connectivity index is 1.98. The van der Waals surface area contributed by atoms with Crippen LogP contribution in [0.3, 0.4) is 0 Å². The van der Waals surface area contributed by atoms with Crippen LogP contribution in [-0.2, 0) is 4.74 Å². The lowest BCUT2D eigenvalue weighted by molar-refractivity contribution is -0.220. The number of rotatable bonds is 4. The van der Waals surface area contributed by atoms with Crippen LogP contribution in [0.15, 0.2) is 0 Å². The fourth-order valence-electron chi connectivity index (χ4n) is 3.07. The molecule has 0 aromatic rings. The topological polar surface area (TPSA) is 55.5 Å². The van der Waals surface area contributed by atoms with Crippen molar-refractivity contribution in [1.29, 1.82) is 0 Å². The van der Waals surface area contributed by atoms with Crippen molar-refractivity contribution >= 4 is 0 Å². The van der Waals surface area contributed by atoms with Crippen LogP contribution in [0.25, 0.3) is 0 Å². The highest BCUT2D eigenvalue weighted by atomic mass is 19.1. The Kier molecular flexibility index (Phi) is 2.76. The lowest BCUT2D eigenvalue weighted by Crippen LogP contribution is -2.75. The van der Waals surface area contributed by atoms with Crippen molar-refractivity contribution in [2.75, 3.05) is 20.5 Å². The van der Waals surface area contributed by atoms with Gasteiger partial charge in [0.1, 0.15) is 0 Å². The number of aliphatic hydroxyl groups is 1. The van der Waals surface area contributed by atoms with Gasteiger partial charge in [-0.15, -0.1) is 0 Å². The van der Waals surface area contributed by atoms with Crippen LogP contribution < -0.4 is 5.73 Å². The van der Waals surface area contributed by atoms with Gasteiger partial charge in [0.05, 0.1) is 25.1 Å². The molecule has 0 aromatic heterocycles. The molecule has 3 nitrogen and oxygen atoms in total. The monoisotopic (exact) mass is 235 g/mol. The zero-order valence-electron chi connectivity index (χ0n) is 9.51. The molecule has 3 N–H and O–H groups in total. The van der Waals surface area contributed by atoms with Gasteiger partial charge < -0.3 is 15.6 Å². The van der Waals surface area contributed by atoms with Crippen LogP contribution in [0, 0.1) is 5.41 Å². The standard InChI is InChI=1S/C11H19F2NO2/c1-16-8-2-10(14,3-8)11(15)4-9(5-11,6-12)7-13/h8,15H,2-7,14H2,1H3. The third-order valence-corrected chi connectivity index (χ3v) is 4.35. The number of hydrogen-bond donors (Lipinski definition) is 2. The average Bonchev–Trinajstić information content (AvgIpc) is 2.19. The van der Waals surface area contributed by atoms with Gasteiger partial charge in [-0.05, 0) is 25.7 Å². The summed E-state index contributed by atoms with van der Waals surface area (Å²) in [7, 11) is 1.60. The molecular formula is C11H19F2NO2. The van der Waals surface area contributed by atoms with Gasteiger partial charge in [0, 0.05) is 18.1 Å². The summed E-state index contributed by atoms with van der Waals surface area (Å²) in [6.45, 7) is -1.45. The fraction of sp³-hybridized carbons (Fsp3) is 1.00. The molecule has 0 unspecified atom stereocenters. The Bertz CT molecular complexity index is 267. The van der Waals surface area contributed by atoms with Crippen LogP contribution in [0.4, 0.5) is 8.78 Å². The van der Waals surface area contributed by atoms with Crippen LogP contribution in [0.5, 0.6) is 0 Å². The zero-order valence-corrected chi connectivity index (χ0v) is 9.51. The van der Waals surface area contributed by atoms with Crippen molar-refractivity contribution in [3.8, 4) is 0 Å². The molecule has 0 bridgehead atoms. The van der Waals surface area contributed by atoms with E-state index in [1.807, 2.05) is 0 Å². The highest BCUT2D eigenvalue weighted by molar-refractivity contribution is 5.20. The fourth-order valence-corrected chi connectivity index (χ4v) is 3.07. The molecule has 5 heteroatoms. The van der Waals surface area contributed by atoms with Crippen LogP contribution in [0.2, 0.25) is 0 Å². The van der Waals surface area contributed by atoms with Gasteiger partial charge in [-0.3, -0.25) is 8.78 Å². The minimum absolute atomic E-state index is 0.0692. The van der Waals surface area contributed by atoms with Crippen molar-refractivity contribution in [2.24, 2.45) is 11.1 Å². The third kappa shape index (κ3) is 1.49. The molecule has 2 rings (SSSR count). The molecule has 0 atom stereocenters. The number of methoxy groups -OCH3 is 1. The quantitative estimate of drug-likeness (QED) is 0.762. The molecule has 2 fully saturated rings. The molecule has 94 valence electrons. The van der Waals surface area contributed by atoms with E-state index in [1.165, 1.54) is 0 Å². The van der Waals surface area contributed by atoms with Crippen molar-refractivity contribution in [3.05, 3.63) is 0 Å². The first-order valence-electron chi connectivity index (χ1n) is 5.59. The van der Waals surface area contributed by atoms with E-state index >= 15 is 0 Å². The van der Waals surface area contributed by atoms with Gasteiger partial charge >= 0.3 is 0 Å². The predicted molar refractivity (Wildman–Crippen MR) is 55.5 cm³/mol. The summed E-state index contributed by atoms with van der Waals surface area (Å²) >= 11 is 0. The second-order valence-corrected chi connectivity index (χ2v) is 5.57. The number of ether oxygens (including phenoxy) is 1. The van der Waals surface area contributed by atoms with Gasteiger partial charge in [0.25, 0.3) is 0 Å². The van der Waals surface area contributed by atoms with E-state index in [9.17, 15) is 13.9 Å². The molecule has 0 spiro atoms. The average molecular weight is 235 g/mol. The van der Waals surface area contributed by atoms with Crippen molar-refractivity contribution in [2.45, 2.75) is 42.9 Å². The molecular weight excluding hydrogens is 216 g/mol. The van der Waals surface area contributed by atoms with Gasteiger partial charge in [-0.25, -0.2) is 0 Å². The molecule has 0 saturated heterocycles. The van der Waals surface area contributed by atoms with Crippen molar-refractivity contribution in [1.82, 2.24) is 0 Å². The van der Waals surface area contributed by atoms with E-state index in [0.29, 0.717) is 12.8 Å². The summed E-state index contributed by atoms with van der Waals surface area (Å²) in [4.78, 5) is 0. The summed E-state index contributed by atoms with van der Waals surface area (Å²) in [6, 6.07) is 0. The highest BCUT2D eigenvalue weighted by Crippen LogP contribution is 2.58. The second kappa shape index (κ2) is 3.62. The van der Waals surface area contributed by atoms with E-state index in [2.05, 4.69) is 0 Å². The van der Waals surface area contributed by atoms with E-state index in [0.717, 1.165) is 0 Å². The SMILES string of the molecule is COC1CC(N)(C2(O)CC(CF)(CF)C2)C1. The minimum Gasteiger partial charge on any atom is -0.388 e. The molecule has 0 heterocycles. The molecule has 2 aliphatic carbocycles. The molecule has 16 heavy (non-hydrogen) atoms. The number of hydrogen-bond acceptors (Lipinski definition) is 3. The van der Waals surface area contributed by atoms with Gasteiger partial charge in [-0.2, -0.15) is 0 Å². The lowest BCUT2D eigenvalue weighted by Gasteiger charge is -2.63. The minimum atomic E-state index is -1.11. The van der Waals surface area contributed by atoms with Gasteiger partial charge in [-0.1, -0.05) is 0 Å². The smallest absolute Gasteiger partial charge is 0.0977 e. The van der Waals surface area contributed by atoms with E-state index < -0.39 is 29.9 Å². The molecule has 0 aliphatic heterocycles. The second-order valence-electron chi connectivity index (χ2n) is 5.57. The summed E-state index contributed by atoms with van der Waals surface area (Å²) in [5.41, 5.74) is 3.25. The zero-order chi connectivity index (χ0) is 12.0. The summed E-state index contributed by atoms with van der Waals surface area (Å²) in [6.07, 6.45) is 1.45. The summed E-state index contributed by atoms with van der Waals surface area (Å²) < 4.78 is 30.5. The van der Waals surface area contributed by atoms with E-state index in [-0.39, 0.29) is 18.9 Å². The maximum absolute atomic E-state index is 12.7. The van der Waals surface area contributed by atoms with Crippen LogP contribution >= 0.6 is 0 Å². The molecule has 0 aromatic carbocycles. The Morgan fingerprint density at radius 1 is 1.31 bits per heavy atom. The number of nitrogens with two attached hydrogens (primary N) is 1. The third-order valence-electron chi connectivity index (χ3n) is 4.35. The molecule has 2 aliphatic rings. The van der Waals surface area contributed by atoms with Crippen molar-refractivity contribution < 1.29 is 18.6 Å². The molecule has 2 saturated carbocycles.